The van der Waals surface area contributed by atoms with Gasteiger partial charge >= 0.3 is 0 Å². The van der Waals surface area contributed by atoms with Crippen LogP contribution in [0.5, 0.6) is 11.5 Å². The highest BCUT2D eigenvalue weighted by molar-refractivity contribution is 6.38. The van der Waals surface area contributed by atoms with Gasteiger partial charge in [0, 0.05) is 10.9 Å². The molecule has 0 saturated heterocycles. The van der Waals surface area contributed by atoms with Crippen LogP contribution in [0.3, 0.4) is 0 Å². The number of H-pyrrole nitrogens is 1. The summed E-state index contributed by atoms with van der Waals surface area (Å²) >= 11 is 6.64. The maximum absolute atomic E-state index is 6.64. The summed E-state index contributed by atoms with van der Waals surface area (Å²) < 4.78 is 11.1. The lowest BCUT2D eigenvalue weighted by Gasteiger charge is -2.06. The highest BCUT2D eigenvalue weighted by Gasteiger charge is 2.12. The molecule has 0 saturated carbocycles. The summed E-state index contributed by atoms with van der Waals surface area (Å²) in [5.41, 5.74) is 4.02. The van der Waals surface area contributed by atoms with Crippen molar-refractivity contribution in [3.63, 3.8) is 0 Å². The Balaban J connectivity index is 1.62. The van der Waals surface area contributed by atoms with Crippen LogP contribution in [0.2, 0.25) is 5.02 Å². The second-order valence-electron chi connectivity index (χ2n) is 6.02. The molecule has 0 aliphatic rings. The molecule has 0 amide bonds. The van der Waals surface area contributed by atoms with Gasteiger partial charge in [-0.2, -0.15) is 0 Å². The second-order valence-corrected chi connectivity index (χ2v) is 6.40. The van der Waals surface area contributed by atoms with Gasteiger partial charge in [-0.05, 0) is 53.6 Å². The minimum Gasteiger partial charge on any atom is -0.497 e. The summed E-state index contributed by atoms with van der Waals surface area (Å²) in [4.78, 5) is 3.39. The number of nitrogens with one attached hydrogen (secondary N) is 1. The lowest BCUT2D eigenvalue weighted by atomic mass is 10.1. The van der Waals surface area contributed by atoms with Crippen LogP contribution in [0, 0.1) is 0 Å². The molecule has 130 valence electrons. The van der Waals surface area contributed by atoms with Gasteiger partial charge in [-0.15, -0.1) is 0 Å². The predicted octanol–water partition coefficient (Wildman–Crippen LogP) is 6.08. The van der Waals surface area contributed by atoms with Crippen LogP contribution in [-0.4, -0.2) is 12.1 Å². The maximum Gasteiger partial charge on any atom is 0.120 e. The molecule has 1 heterocycles. The summed E-state index contributed by atoms with van der Waals surface area (Å²) in [5.74, 6) is 1.61. The molecule has 3 aromatic carbocycles. The minimum absolute atomic E-state index is 0.528. The van der Waals surface area contributed by atoms with Crippen molar-refractivity contribution in [3.05, 3.63) is 83.4 Å². The van der Waals surface area contributed by atoms with Crippen LogP contribution in [0.1, 0.15) is 5.56 Å². The Morgan fingerprint density at radius 3 is 2.35 bits per heavy atom. The minimum atomic E-state index is 0.528. The Labute approximate surface area is 157 Å². The van der Waals surface area contributed by atoms with Crippen LogP contribution in [-0.2, 0) is 6.61 Å². The molecule has 0 bridgehead atoms. The van der Waals surface area contributed by atoms with Gasteiger partial charge in [-0.1, -0.05) is 41.9 Å². The van der Waals surface area contributed by atoms with Gasteiger partial charge in [0.2, 0.25) is 0 Å². The predicted molar refractivity (Wildman–Crippen MR) is 106 cm³/mol. The molecule has 0 fully saturated rings. The van der Waals surface area contributed by atoms with E-state index in [-0.39, 0.29) is 0 Å². The van der Waals surface area contributed by atoms with Gasteiger partial charge in [-0.25, -0.2) is 0 Å². The number of methoxy groups -OCH3 is 1. The molecule has 4 heteroatoms. The lowest BCUT2D eigenvalue weighted by Crippen LogP contribution is -1.94. The molecule has 4 aromatic rings. The smallest absolute Gasteiger partial charge is 0.120 e. The molecule has 0 spiro atoms. The fourth-order valence-electron chi connectivity index (χ4n) is 2.93. The molecule has 26 heavy (non-hydrogen) atoms. The molecule has 3 nitrogen and oxygen atoms in total. The van der Waals surface area contributed by atoms with Gasteiger partial charge < -0.3 is 14.5 Å². The number of benzene rings is 3. The van der Waals surface area contributed by atoms with Gasteiger partial charge in [0.1, 0.15) is 18.1 Å². The number of rotatable bonds is 5. The fraction of sp³-hybridized carbons (Fsp3) is 0.0909. The zero-order valence-corrected chi connectivity index (χ0v) is 15.1. The van der Waals surface area contributed by atoms with E-state index in [9.17, 15) is 0 Å². The first-order valence-corrected chi connectivity index (χ1v) is 8.75. The SMILES string of the molecule is COc1ccc(-c2[nH]c3ccc(OCc4ccccc4)cc3c2Cl)cc1. The lowest BCUT2D eigenvalue weighted by molar-refractivity contribution is 0.306. The number of hydrogen-bond acceptors (Lipinski definition) is 2. The Bertz CT molecular complexity index is 1020. The second kappa shape index (κ2) is 7.14. The molecular weight excluding hydrogens is 346 g/mol. The van der Waals surface area contributed by atoms with E-state index in [1.165, 1.54) is 0 Å². The van der Waals surface area contributed by atoms with Crippen molar-refractivity contribution in [2.45, 2.75) is 6.61 Å². The van der Waals surface area contributed by atoms with Crippen molar-refractivity contribution in [2.24, 2.45) is 0 Å². The van der Waals surface area contributed by atoms with Crippen LogP contribution < -0.4 is 9.47 Å². The van der Waals surface area contributed by atoms with Crippen molar-refractivity contribution in [3.8, 4) is 22.8 Å². The van der Waals surface area contributed by atoms with Gasteiger partial charge in [-0.3, -0.25) is 0 Å². The standard InChI is InChI=1S/C22H18ClNO2/c1-25-17-9-7-16(8-10-17)22-21(23)19-13-18(11-12-20(19)24-22)26-14-15-5-3-2-4-6-15/h2-13,24H,14H2,1H3. The van der Waals surface area contributed by atoms with E-state index in [0.717, 1.165) is 39.2 Å². The maximum atomic E-state index is 6.64. The highest BCUT2D eigenvalue weighted by Crippen LogP contribution is 2.36. The van der Waals surface area contributed by atoms with E-state index in [1.807, 2.05) is 72.8 Å². The van der Waals surface area contributed by atoms with E-state index in [1.54, 1.807) is 7.11 Å². The summed E-state index contributed by atoms with van der Waals surface area (Å²) in [5, 5.41) is 1.64. The zero-order chi connectivity index (χ0) is 17.9. The first-order valence-electron chi connectivity index (χ1n) is 8.37. The molecule has 1 N–H and O–H groups in total. The van der Waals surface area contributed by atoms with E-state index >= 15 is 0 Å². The average Bonchev–Trinajstić information content (AvgIpc) is 3.03. The van der Waals surface area contributed by atoms with E-state index in [2.05, 4.69) is 4.98 Å². The zero-order valence-electron chi connectivity index (χ0n) is 14.3. The molecule has 0 atom stereocenters. The number of fused-ring (bicyclic) bond motifs is 1. The fourth-order valence-corrected chi connectivity index (χ4v) is 3.24. The normalized spacial score (nSPS) is 10.8. The molecule has 0 unspecified atom stereocenters. The number of aromatic amines is 1. The van der Waals surface area contributed by atoms with Crippen LogP contribution in [0.4, 0.5) is 0 Å². The van der Waals surface area contributed by atoms with Crippen LogP contribution in [0.25, 0.3) is 22.2 Å². The quantitative estimate of drug-likeness (QED) is 0.466. The molecule has 0 aliphatic carbocycles. The van der Waals surface area contributed by atoms with Crippen molar-refractivity contribution in [1.82, 2.24) is 4.98 Å². The van der Waals surface area contributed by atoms with E-state index < -0.39 is 0 Å². The Morgan fingerprint density at radius 1 is 0.885 bits per heavy atom. The third-order valence-electron chi connectivity index (χ3n) is 4.33. The number of ether oxygens (including phenoxy) is 2. The largest absolute Gasteiger partial charge is 0.497 e. The van der Waals surface area contributed by atoms with Crippen molar-refractivity contribution >= 4 is 22.5 Å². The van der Waals surface area contributed by atoms with E-state index in [0.29, 0.717) is 11.6 Å². The molecule has 4 rings (SSSR count). The molecular formula is C22H18ClNO2. The van der Waals surface area contributed by atoms with Crippen LogP contribution in [0.15, 0.2) is 72.8 Å². The van der Waals surface area contributed by atoms with E-state index in [4.69, 9.17) is 21.1 Å². The van der Waals surface area contributed by atoms with Crippen molar-refractivity contribution in [1.29, 1.82) is 0 Å². The number of halogens is 1. The van der Waals surface area contributed by atoms with Crippen molar-refractivity contribution < 1.29 is 9.47 Å². The van der Waals surface area contributed by atoms with Crippen molar-refractivity contribution in [2.75, 3.05) is 7.11 Å². The van der Waals surface area contributed by atoms with Crippen LogP contribution >= 0.6 is 11.6 Å². The summed E-state index contributed by atoms with van der Waals surface area (Å²) in [6.07, 6.45) is 0. The summed E-state index contributed by atoms with van der Waals surface area (Å²) in [6.45, 7) is 0.528. The third kappa shape index (κ3) is 3.26. The summed E-state index contributed by atoms with van der Waals surface area (Å²) in [7, 11) is 1.65. The Kier molecular flexibility index (Phi) is 4.55. The Morgan fingerprint density at radius 2 is 1.62 bits per heavy atom. The van der Waals surface area contributed by atoms with Gasteiger partial charge in [0.05, 0.1) is 17.8 Å². The number of hydrogen-bond donors (Lipinski definition) is 1. The molecule has 0 aliphatic heterocycles. The highest BCUT2D eigenvalue weighted by atomic mass is 35.5. The first-order chi connectivity index (χ1) is 12.7. The Hall–Kier alpha value is -2.91. The number of aromatic nitrogens is 1. The first kappa shape index (κ1) is 16.6. The molecule has 0 radical (unpaired) electrons. The summed E-state index contributed by atoms with van der Waals surface area (Å²) in [6, 6.07) is 23.8. The third-order valence-corrected chi connectivity index (χ3v) is 4.73. The molecule has 1 aromatic heterocycles. The van der Waals surface area contributed by atoms with Gasteiger partial charge in [0.25, 0.3) is 0 Å². The average molecular weight is 364 g/mol. The topological polar surface area (TPSA) is 34.2 Å². The van der Waals surface area contributed by atoms with Gasteiger partial charge in [0.15, 0.2) is 0 Å². The monoisotopic (exact) mass is 363 g/mol.